The zero-order valence-electron chi connectivity index (χ0n) is 12.4. The number of benzene rings is 1. The zero-order chi connectivity index (χ0) is 17.9. The van der Waals surface area contributed by atoms with Crippen LogP contribution in [-0.2, 0) is 14.3 Å². The number of ether oxygens (including phenoxy) is 1. The fraction of sp³-hybridized carbons (Fsp3) is 0.250. The van der Waals surface area contributed by atoms with Gasteiger partial charge in [0, 0.05) is 18.1 Å². The van der Waals surface area contributed by atoms with Crippen LogP contribution < -0.4 is 0 Å². The quantitative estimate of drug-likeness (QED) is 0.297. The first-order valence-electron chi connectivity index (χ1n) is 6.98. The van der Waals surface area contributed by atoms with Crippen molar-refractivity contribution >= 4 is 18.0 Å². The highest BCUT2D eigenvalue weighted by molar-refractivity contribution is 5.89. The van der Waals surface area contributed by atoms with Crippen molar-refractivity contribution in [1.29, 1.82) is 0 Å². The highest BCUT2D eigenvalue weighted by atomic mass is 16.6. The van der Waals surface area contributed by atoms with Crippen molar-refractivity contribution < 1.29 is 39.9 Å². The summed E-state index contributed by atoms with van der Waals surface area (Å²) in [5.41, 5.74) is 0.256. The largest absolute Gasteiger partial charge is 0.504 e. The lowest BCUT2D eigenvalue weighted by atomic mass is 9.92. The third-order valence-electron chi connectivity index (χ3n) is 3.46. The van der Waals surface area contributed by atoms with E-state index in [0.29, 0.717) is 5.56 Å². The maximum absolute atomic E-state index is 11.8. The minimum Gasteiger partial charge on any atom is -0.504 e. The van der Waals surface area contributed by atoms with Gasteiger partial charge in [0.05, 0.1) is 6.10 Å². The van der Waals surface area contributed by atoms with Crippen molar-refractivity contribution in [2.45, 2.75) is 24.7 Å². The average molecular weight is 336 g/mol. The first kappa shape index (κ1) is 17.5. The predicted molar refractivity (Wildman–Crippen MR) is 81.0 cm³/mol. The van der Waals surface area contributed by atoms with Gasteiger partial charge in [-0.15, -0.1) is 0 Å². The van der Waals surface area contributed by atoms with Crippen molar-refractivity contribution in [2.24, 2.45) is 0 Å². The summed E-state index contributed by atoms with van der Waals surface area (Å²) in [4.78, 5) is 22.7. The summed E-state index contributed by atoms with van der Waals surface area (Å²) < 4.78 is 4.94. The smallest absolute Gasteiger partial charge is 0.331 e. The van der Waals surface area contributed by atoms with E-state index in [0.717, 1.165) is 12.2 Å². The fourth-order valence-corrected chi connectivity index (χ4v) is 2.17. The monoisotopic (exact) mass is 336 g/mol. The van der Waals surface area contributed by atoms with Crippen molar-refractivity contribution in [3.63, 3.8) is 0 Å². The number of hydrogen-bond acceptors (Lipinski definition) is 7. The van der Waals surface area contributed by atoms with E-state index in [-0.39, 0.29) is 23.5 Å². The molecule has 0 saturated carbocycles. The van der Waals surface area contributed by atoms with E-state index in [1.54, 1.807) is 0 Å². The lowest BCUT2D eigenvalue weighted by Gasteiger charge is -2.28. The number of aliphatic hydroxyl groups is 2. The minimum absolute atomic E-state index is 0.155. The third-order valence-corrected chi connectivity index (χ3v) is 3.46. The Balaban J connectivity index is 2.07. The summed E-state index contributed by atoms with van der Waals surface area (Å²) in [6, 6.07) is 3.91. The minimum atomic E-state index is -1.43. The van der Waals surface area contributed by atoms with Crippen LogP contribution in [0.15, 0.2) is 35.9 Å². The number of esters is 1. The summed E-state index contributed by atoms with van der Waals surface area (Å²) in [6.07, 6.45) is -0.918. The molecule has 0 radical (unpaired) electrons. The molecule has 0 fully saturated rings. The number of rotatable bonds is 4. The molecule has 1 aliphatic carbocycles. The van der Waals surface area contributed by atoms with Crippen molar-refractivity contribution in [2.75, 3.05) is 0 Å². The molecule has 0 bridgehead atoms. The highest BCUT2D eigenvalue weighted by Crippen LogP contribution is 2.25. The molecule has 128 valence electrons. The summed E-state index contributed by atoms with van der Waals surface area (Å²) in [6.45, 7) is 0. The Hall–Kier alpha value is -2.84. The number of carboxylic acid groups (broad SMARTS) is 1. The van der Waals surface area contributed by atoms with Crippen LogP contribution in [0.5, 0.6) is 11.5 Å². The average Bonchev–Trinajstić information content (AvgIpc) is 2.52. The Kier molecular flexibility index (Phi) is 5.22. The van der Waals surface area contributed by atoms with Gasteiger partial charge in [-0.05, 0) is 29.8 Å². The topological polar surface area (TPSA) is 145 Å². The van der Waals surface area contributed by atoms with Crippen LogP contribution in [0, 0.1) is 0 Å². The lowest BCUT2D eigenvalue weighted by molar-refractivity contribution is -0.151. The summed E-state index contributed by atoms with van der Waals surface area (Å²) in [5.74, 6) is -2.80. The normalized spacial score (nSPS) is 23.8. The second-order valence-electron chi connectivity index (χ2n) is 5.24. The Morgan fingerprint density at radius 3 is 2.50 bits per heavy atom. The van der Waals surface area contributed by atoms with Gasteiger partial charge in [-0.3, -0.25) is 0 Å². The van der Waals surface area contributed by atoms with Gasteiger partial charge in [-0.25, -0.2) is 9.59 Å². The second kappa shape index (κ2) is 7.16. The van der Waals surface area contributed by atoms with E-state index in [4.69, 9.17) is 9.84 Å². The Bertz CT molecular complexity index is 706. The molecule has 0 saturated heterocycles. The zero-order valence-corrected chi connectivity index (χ0v) is 12.4. The molecule has 3 atom stereocenters. The van der Waals surface area contributed by atoms with E-state index in [9.17, 15) is 30.0 Å². The van der Waals surface area contributed by atoms with E-state index in [2.05, 4.69) is 0 Å². The van der Waals surface area contributed by atoms with E-state index >= 15 is 0 Å². The van der Waals surface area contributed by atoms with E-state index in [1.807, 2.05) is 0 Å². The lowest BCUT2D eigenvalue weighted by Crippen LogP contribution is -2.43. The number of aromatic hydroxyl groups is 2. The van der Waals surface area contributed by atoms with Crippen LogP contribution in [0.1, 0.15) is 12.0 Å². The number of phenolic OH excluding ortho intramolecular Hbond substituents is 2. The van der Waals surface area contributed by atoms with Gasteiger partial charge in [0.25, 0.3) is 0 Å². The van der Waals surface area contributed by atoms with E-state index < -0.39 is 30.3 Å². The Labute approximate surface area is 136 Å². The maximum Gasteiger partial charge on any atom is 0.331 e. The fourth-order valence-electron chi connectivity index (χ4n) is 2.17. The van der Waals surface area contributed by atoms with Crippen LogP contribution in [0.25, 0.3) is 6.08 Å². The summed E-state index contributed by atoms with van der Waals surface area (Å²) >= 11 is 0. The van der Waals surface area contributed by atoms with Crippen molar-refractivity contribution in [3.05, 3.63) is 41.5 Å². The highest BCUT2D eigenvalue weighted by Gasteiger charge is 2.34. The van der Waals surface area contributed by atoms with Gasteiger partial charge in [-0.2, -0.15) is 0 Å². The van der Waals surface area contributed by atoms with Gasteiger partial charge in [0.2, 0.25) is 0 Å². The Morgan fingerprint density at radius 2 is 1.88 bits per heavy atom. The molecule has 1 aromatic rings. The molecule has 1 aliphatic rings. The molecule has 0 amide bonds. The number of phenols is 2. The molecule has 0 aromatic heterocycles. The molecule has 0 heterocycles. The van der Waals surface area contributed by atoms with Crippen LogP contribution in [0.2, 0.25) is 0 Å². The van der Waals surface area contributed by atoms with Gasteiger partial charge < -0.3 is 30.3 Å². The van der Waals surface area contributed by atoms with Crippen LogP contribution in [-0.4, -0.2) is 55.8 Å². The molecule has 1 aromatic carbocycles. The van der Waals surface area contributed by atoms with Crippen molar-refractivity contribution in [3.8, 4) is 11.5 Å². The molecular formula is C16H16O8. The molecule has 2 rings (SSSR count). The molecule has 8 nitrogen and oxygen atoms in total. The standard InChI is InChI=1S/C16H16O8/c17-10-3-1-8(5-11(10)18)2-4-14(20)24-13-7-9(16(22)23)6-12(19)15(13)21/h1-5,7,12-13,15,17-19,21H,6H2,(H,22,23)/t12-,13-,15+/m0/s1. The molecule has 0 aliphatic heterocycles. The molecule has 8 heteroatoms. The maximum atomic E-state index is 11.8. The Morgan fingerprint density at radius 1 is 1.17 bits per heavy atom. The SMILES string of the molecule is O=C(C=Cc1ccc(O)c(O)c1)O[C@H]1C=C(C(=O)O)C[C@H](O)[C@H]1O. The van der Waals surface area contributed by atoms with Crippen LogP contribution in [0.4, 0.5) is 0 Å². The molecular weight excluding hydrogens is 320 g/mol. The van der Waals surface area contributed by atoms with Gasteiger partial charge in [-0.1, -0.05) is 6.07 Å². The van der Waals surface area contributed by atoms with Crippen LogP contribution >= 0.6 is 0 Å². The summed E-state index contributed by atoms with van der Waals surface area (Å²) in [5, 5.41) is 46.9. The second-order valence-corrected chi connectivity index (χ2v) is 5.24. The van der Waals surface area contributed by atoms with Gasteiger partial charge >= 0.3 is 11.9 Å². The third kappa shape index (κ3) is 4.12. The van der Waals surface area contributed by atoms with Crippen molar-refractivity contribution in [1.82, 2.24) is 0 Å². The first-order chi connectivity index (χ1) is 11.3. The summed E-state index contributed by atoms with van der Waals surface area (Å²) in [7, 11) is 0. The number of carbonyl (C=O) groups is 2. The molecule has 0 unspecified atom stereocenters. The number of hydrogen-bond donors (Lipinski definition) is 5. The van der Waals surface area contributed by atoms with Gasteiger partial charge in [0.1, 0.15) is 12.2 Å². The van der Waals surface area contributed by atoms with E-state index in [1.165, 1.54) is 24.3 Å². The number of aliphatic hydroxyl groups excluding tert-OH is 2. The number of carboxylic acids is 1. The number of carbonyl (C=O) groups excluding carboxylic acids is 1. The first-order valence-corrected chi connectivity index (χ1v) is 6.98. The van der Waals surface area contributed by atoms with Crippen LogP contribution in [0.3, 0.4) is 0 Å². The predicted octanol–water partition coefficient (Wildman–Crippen LogP) is 0.159. The molecule has 5 N–H and O–H groups in total. The molecule has 0 spiro atoms. The molecule has 24 heavy (non-hydrogen) atoms. The van der Waals surface area contributed by atoms with Gasteiger partial charge in [0.15, 0.2) is 11.5 Å². The number of aliphatic carboxylic acids is 1.